The van der Waals surface area contributed by atoms with Crippen LogP contribution in [0.3, 0.4) is 0 Å². The molecule has 1 fully saturated rings. The fourth-order valence-corrected chi connectivity index (χ4v) is 3.13. The number of carbonyl (C=O) groups excluding carboxylic acids is 2. The molecule has 1 heterocycles. The number of carbonyl (C=O) groups is 2. The normalized spacial score (nSPS) is 14.7. The second-order valence-electron chi connectivity index (χ2n) is 7.15. The highest BCUT2D eigenvalue weighted by atomic mass is 19.4. The molecule has 9 heteroatoms. The van der Waals surface area contributed by atoms with Crippen LogP contribution in [0.25, 0.3) is 0 Å². The summed E-state index contributed by atoms with van der Waals surface area (Å²) in [6.45, 7) is 5.67. The highest BCUT2D eigenvalue weighted by Crippen LogP contribution is 2.30. The average Bonchev–Trinajstić information content (AvgIpc) is 3.31. The zero-order valence-corrected chi connectivity index (χ0v) is 18.0. The van der Waals surface area contributed by atoms with Crippen molar-refractivity contribution in [3.8, 4) is 0 Å². The first-order valence-corrected chi connectivity index (χ1v) is 10.3. The summed E-state index contributed by atoms with van der Waals surface area (Å²) in [7, 11) is 0. The molecule has 1 aliphatic heterocycles. The molecule has 6 nitrogen and oxygen atoms in total. The molecule has 3 rings (SSSR count). The number of esters is 1. The van der Waals surface area contributed by atoms with Gasteiger partial charge in [-0.25, -0.2) is 10.3 Å². The zero-order valence-electron chi connectivity index (χ0n) is 18.0. The van der Waals surface area contributed by atoms with Gasteiger partial charge in [0.25, 0.3) is 0 Å². The van der Waals surface area contributed by atoms with E-state index >= 15 is 0 Å². The molecule has 0 bridgehead atoms. The molecular weight excluding hydrogens is 425 g/mol. The molecule has 174 valence electrons. The van der Waals surface area contributed by atoms with Crippen LogP contribution >= 0.6 is 0 Å². The molecular formula is C23H27F3N2O4. The molecule has 1 atom stereocenters. The molecule has 0 aromatic heterocycles. The molecule has 1 unspecified atom stereocenters. The molecule has 1 saturated heterocycles. The van der Waals surface area contributed by atoms with Gasteiger partial charge < -0.3 is 9.57 Å². The van der Waals surface area contributed by atoms with Gasteiger partial charge in [0, 0.05) is 20.0 Å². The molecule has 0 radical (unpaired) electrons. The highest BCUT2D eigenvalue weighted by molar-refractivity contribution is 5.89. The maximum absolute atomic E-state index is 12.5. The molecule has 0 aliphatic carbocycles. The maximum Gasteiger partial charge on any atom is 0.416 e. The quantitative estimate of drug-likeness (QED) is 0.476. The van der Waals surface area contributed by atoms with Gasteiger partial charge in [-0.05, 0) is 49.6 Å². The van der Waals surface area contributed by atoms with Crippen molar-refractivity contribution in [2.45, 2.75) is 45.5 Å². The standard InChI is InChI=1S/C14H10F3NO2.C9H17NO2/c15-14(16,17)11-7-4-8-12(9-11)18-20-13(19)10-5-2-1-3-6-10;1-3-9(12-8(2)11)10-6-4-5-7-10/h1-9,18H;9H,3-7H2,1-2H3. The molecule has 0 saturated carbocycles. The molecule has 1 aliphatic rings. The third kappa shape index (κ3) is 8.22. The van der Waals surface area contributed by atoms with E-state index < -0.39 is 17.7 Å². The fourth-order valence-electron chi connectivity index (χ4n) is 3.13. The minimum atomic E-state index is -4.44. The number of hydrogen-bond acceptors (Lipinski definition) is 6. The van der Waals surface area contributed by atoms with E-state index in [1.807, 2.05) is 6.92 Å². The summed E-state index contributed by atoms with van der Waals surface area (Å²) in [5.41, 5.74) is 1.73. The topological polar surface area (TPSA) is 67.9 Å². The van der Waals surface area contributed by atoms with Crippen LogP contribution in [-0.4, -0.2) is 36.2 Å². The summed E-state index contributed by atoms with van der Waals surface area (Å²) < 4.78 is 42.7. The Morgan fingerprint density at radius 3 is 2.28 bits per heavy atom. The largest absolute Gasteiger partial charge is 0.447 e. The van der Waals surface area contributed by atoms with Crippen molar-refractivity contribution in [1.29, 1.82) is 0 Å². The Morgan fingerprint density at radius 1 is 1.06 bits per heavy atom. The predicted octanol–water partition coefficient (Wildman–Crippen LogP) is 5.27. The lowest BCUT2D eigenvalue weighted by Crippen LogP contribution is -2.35. The monoisotopic (exact) mass is 452 g/mol. The Morgan fingerprint density at radius 2 is 1.72 bits per heavy atom. The number of halogens is 3. The lowest BCUT2D eigenvalue weighted by atomic mass is 10.2. The Hall–Kier alpha value is -3.07. The van der Waals surface area contributed by atoms with Crippen molar-refractivity contribution in [3.05, 3.63) is 65.7 Å². The summed E-state index contributed by atoms with van der Waals surface area (Å²) in [5, 5.41) is 0. The maximum atomic E-state index is 12.5. The number of benzene rings is 2. The van der Waals surface area contributed by atoms with Crippen molar-refractivity contribution in [1.82, 2.24) is 4.90 Å². The van der Waals surface area contributed by atoms with Crippen LogP contribution in [-0.2, 0) is 20.5 Å². The van der Waals surface area contributed by atoms with Crippen molar-refractivity contribution in [3.63, 3.8) is 0 Å². The molecule has 2 aromatic carbocycles. The Balaban J connectivity index is 0.000000258. The first kappa shape index (κ1) is 25.2. The summed E-state index contributed by atoms with van der Waals surface area (Å²) >= 11 is 0. The number of nitrogens with one attached hydrogen (secondary N) is 1. The van der Waals surface area contributed by atoms with Crippen LogP contribution < -0.4 is 5.48 Å². The second-order valence-corrected chi connectivity index (χ2v) is 7.15. The summed E-state index contributed by atoms with van der Waals surface area (Å²) in [4.78, 5) is 29.3. The average molecular weight is 452 g/mol. The third-order valence-corrected chi connectivity index (χ3v) is 4.66. The Bertz CT molecular complexity index is 869. The first-order chi connectivity index (χ1) is 15.2. The lowest BCUT2D eigenvalue weighted by molar-refractivity contribution is -0.155. The van der Waals surface area contributed by atoms with Gasteiger partial charge >= 0.3 is 18.1 Å². The fraction of sp³-hybridized carbons (Fsp3) is 0.391. The van der Waals surface area contributed by atoms with Crippen LogP contribution in [0.4, 0.5) is 18.9 Å². The van der Waals surface area contributed by atoms with Crippen LogP contribution in [0.5, 0.6) is 0 Å². The molecule has 0 amide bonds. The van der Waals surface area contributed by atoms with Gasteiger partial charge in [-0.3, -0.25) is 9.69 Å². The van der Waals surface area contributed by atoms with E-state index in [0.29, 0.717) is 5.56 Å². The molecule has 2 aromatic rings. The van der Waals surface area contributed by atoms with Gasteiger partial charge in [-0.2, -0.15) is 13.2 Å². The molecule has 1 N–H and O–H groups in total. The van der Waals surface area contributed by atoms with Gasteiger partial charge in [-0.15, -0.1) is 0 Å². The van der Waals surface area contributed by atoms with E-state index in [0.717, 1.165) is 31.6 Å². The number of nitrogens with zero attached hydrogens (tertiary/aromatic N) is 1. The van der Waals surface area contributed by atoms with Crippen LogP contribution in [0.1, 0.15) is 49.0 Å². The number of hydrogen-bond donors (Lipinski definition) is 1. The first-order valence-electron chi connectivity index (χ1n) is 10.3. The van der Waals surface area contributed by atoms with Gasteiger partial charge in [0.1, 0.15) is 0 Å². The minimum Gasteiger partial charge on any atom is -0.447 e. The van der Waals surface area contributed by atoms with Gasteiger partial charge in [0.05, 0.1) is 16.8 Å². The lowest BCUT2D eigenvalue weighted by Gasteiger charge is -2.25. The second kappa shape index (κ2) is 12.1. The van der Waals surface area contributed by atoms with E-state index in [1.54, 1.807) is 18.2 Å². The Kier molecular flexibility index (Phi) is 9.52. The van der Waals surface area contributed by atoms with Crippen LogP contribution in [0.2, 0.25) is 0 Å². The summed E-state index contributed by atoms with van der Waals surface area (Å²) in [5.74, 6) is -0.850. The highest BCUT2D eigenvalue weighted by Gasteiger charge is 2.30. The third-order valence-electron chi connectivity index (χ3n) is 4.66. The van der Waals surface area contributed by atoms with E-state index in [-0.39, 0.29) is 17.9 Å². The van der Waals surface area contributed by atoms with Crippen molar-refractivity contribution in [2.75, 3.05) is 18.6 Å². The summed E-state index contributed by atoms with van der Waals surface area (Å²) in [6.07, 6.45) is -1.07. The number of alkyl halides is 3. The molecule has 0 spiro atoms. The Labute approximate surface area is 185 Å². The van der Waals surface area contributed by atoms with Crippen LogP contribution in [0, 0.1) is 0 Å². The van der Waals surface area contributed by atoms with E-state index in [1.165, 1.54) is 44.0 Å². The van der Waals surface area contributed by atoms with Crippen LogP contribution in [0.15, 0.2) is 54.6 Å². The predicted molar refractivity (Wildman–Crippen MR) is 114 cm³/mol. The minimum absolute atomic E-state index is 0.0185. The van der Waals surface area contributed by atoms with Gasteiger partial charge in [0.2, 0.25) is 0 Å². The number of likely N-dealkylation sites (tertiary alicyclic amines) is 1. The van der Waals surface area contributed by atoms with Crippen molar-refractivity contribution < 1.29 is 32.3 Å². The van der Waals surface area contributed by atoms with E-state index in [9.17, 15) is 22.8 Å². The smallest absolute Gasteiger partial charge is 0.416 e. The van der Waals surface area contributed by atoms with E-state index in [4.69, 9.17) is 9.57 Å². The molecule has 32 heavy (non-hydrogen) atoms. The number of ether oxygens (including phenoxy) is 1. The van der Waals surface area contributed by atoms with Crippen molar-refractivity contribution >= 4 is 17.6 Å². The van der Waals surface area contributed by atoms with Gasteiger partial charge in [0.15, 0.2) is 6.23 Å². The number of anilines is 1. The van der Waals surface area contributed by atoms with Crippen molar-refractivity contribution in [2.24, 2.45) is 0 Å². The van der Waals surface area contributed by atoms with Gasteiger partial charge in [-0.1, -0.05) is 31.2 Å². The SMILES string of the molecule is CCC(OC(C)=O)N1CCCC1.O=C(ONc1cccc(C(F)(F)F)c1)c1ccccc1. The summed E-state index contributed by atoms with van der Waals surface area (Å²) in [6, 6.07) is 12.5. The number of rotatable bonds is 6. The zero-order chi connectivity index (χ0) is 23.6. The van der Waals surface area contributed by atoms with E-state index in [2.05, 4.69) is 10.4 Å².